The molecule has 1 heterocycles. The molecule has 1 fully saturated rings. The third-order valence-electron chi connectivity index (χ3n) is 2.29. The smallest absolute Gasteiger partial charge is 0.113 e. The lowest BCUT2D eigenvalue weighted by Gasteiger charge is -2.19. The van der Waals surface area contributed by atoms with Gasteiger partial charge in [-0.1, -0.05) is 25.3 Å². The summed E-state index contributed by atoms with van der Waals surface area (Å²) in [6.07, 6.45) is 10.3. The van der Waals surface area contributed by atoms with Crippen LogP contribution in [-0.4, -0.2) is 19.3 Å². The minimum atomic E-state index is 0.316. The molecule has 1 unspecified atom stereocenters. The fourth-order valence-electron chi connectivity index (χ4n) is 1.55. The van der Waals surface area contributed by atoms with Crippen molar-refractivity contribution in [2.45, 2.75) is 45.1 Å². The van der Waals surface area contributed by atoms with Gasteiger partial charge in [0.1, 0.15) is 6.61 Å². The maximum absolute atomic E-state index is 5.67. The van der Waals surface area contributed by atoms with E-state index in [9.17, 15) is 0 Å². The zero-order valence-corrected chi connectivity index (χ0v) is 8.50. The molecule has 0 spiro atoms. The summed E-state index contributed by atoms with van der Waals surface area (Å²) in [6.45, 7) is 3.58. The average Bonchev–Trinajstić information content (AvgIpc) is 2.08. The first kappa shape index (κ1) is 10.6. The lowest BCUT2D eigenvalue weighted by molar-refractivity contribution is -0.00504. The van der Waals surface area contributed by atoms with E-state index < -0.39 is 0 Å². The van der Waals surface area contributed by atoms with E-state index in [1.54, 1.807) is 6.26 Å². The second-order valence-corrected chi connectivity index (χ2v) is 3.50. The van der Waals surface area contributed by atoms with Gasteiger partial charge >= 0.3 is 0 Å². The van der Waals surface area contributed by atoms with Crippen LogP contribution in [0.2, 0.25) is 0 Å². The van der Waals surface area contributed by atoms with Gasteiger partial charge in [0.2, 0.25) is 0 Å². The normalized spacial score (nSPS) is 25.5. The number of hydrogen-bond acceptors (Lipinski definition) is 2. The quantitative estimate of drug-likeness (QED) is 0.628. The van der Waals surface area contributed by atoms with Crippen molar-refractivity contribution < 1.29 is 9.47 Å². The topological polar surface area (TPSA) is 18.5 Å². The van der Waals surface area contributed by atoms with Crippen LogP contribution in [0.4, 0.5) is 0 Å². The Kier molecular flexibility index (Phi) is 5.66. The highest BCUT2D eigenvalue weighted by Gasteiger charge is 2.11. The van der Waals surface area contributed by atoms with E-state index in [1.165, 1.54) is 25.7 Å². The molecule has 0 amide bonds. The van der Waals surface area contributed by atoms with Crippen LogP contribution in [0.15, 0.2) is 12.3 Å². The lowest BCUT2D eigenvalue weighted by Crippen LogP contribution is -2.20. The van der Waals surface area contributed by atoms with Crippen molar-refractivity contribution in [3.63, 3.8) is 0 Å². The summed E-state index contributed by atoms with van der Waals surface area (Å²) >= 11 is 0. The molecule has 0 saturated carbocycles. The SMILES string of the molecule is C/C=C/OCC1CCCCCCO1. The molecule has 0 aromatic carbocycles. The van der Waals surface area contributed by atoms with Crippen LogP contribution in [0.25, 0.3) is 0 Å². The fraction of sp³-hybridized carbons (Fsp3) is 0.818. The Morgan fingerprint density at radius 1 is 1.31 bits per heavy atom. The van der Waals surface area contributed by atoms with Crippen LogP contribution in [0, 0.1) is 0 Å². The van der Waals surface area contributed by atoms with Crippen LogP contribution in [0.5, 0.6) is 0 Å². The van der Waals surface area contributed by atoms with Crippen molar-refractivity contribution in [1.82, 2.24) is 0 Å². The standard InChI is InChI=1S/C11H20O2/c1-2-8-12-10-11-7-5-3-4-6-9-13-11/h2,8,11H,3-7,9-10H2,1H3/b8-2+. The first-order chi connectivity index (χ1) is 6.43. The van der Waals surface area contributed by atoms with Crippen LogP contribution in [0.3, 0.4) is 0 Å². The molecule has 1 aliphatic rings. The second kappa shape index (κ2) is 6.96. The van der Waals surface area contributed by atoms with Crippen LogP contribution in [0.1, 0.15) is 39.0 Å². The van der Waals surface area contributed by atoms with Gasteiger partial charge < -0.3 is 9.47 Å². The predicted molar refractivity (Wildman–Crippen MR) is 53.6 cm³/mol. The Morgan fingerprint density at radius 2 is 2.15 bits per heavy atom. The highest BCUT2D eigenvalue weighted by molar-refractivity contribution is 4.68. The average molecular weight is 184 g/mol. The van der Waals surface area contributed by atoms with Crippen molar-refractivity contribution >= 4 is 0 Å². The molecule has 2 heteroatoms. The number of hydrogen-bond donors (Lipinski definition) is 0. The summed E-state index contributed by atoms with van der Waals surface area (Å²) in [6, 6.07) is 0. The third-order valence-corrected chi connectivity index (χ3v) is 2.29. The van der Waals surface area contributed by atoms with E-state index in [2.05, 4.69) is 0 Å². The molecular formula is C11H20O2. The summed E-state index contributed by atoms with van der Waals surface area (Å²) in [4.78, 5) is 0. The Labute approximate surface area is 80.9 Å². The Balaban J connectivity index is 2.13. The first-order valence-corrected chi connectivity index (χ1v) is 5.28. The zero-order valence-electron chi connectivity index (χ0n) is 8.50. The number of rotatable bonds is 3. The van der Waals surface area contributed by atoms with Gasteiger partial charge in [0.25, 0.3) is 0 Å². The highest BCUT2D eigenvalue weighted by Crippen LogP contribution is 2.13. The Hall–Kier alpha value is -0.500. The summed E-state index contributed by atoms with van der Waals surface area (Å²) in [7, 11) is 0. The van der Waals surface area contributed by atoms with Crippen molar-refractivity contribution in [3.05, 3.63) is 12.3 Å². The van der Waals surface area contributed by atoms with E-state index in [1.807, 2.05) is 13.0 Å². The number of allylic oxidation sites excluding steroid dienone is 1. The highest BCUT2D eigenvalue weighted by atomic mass is 16.5. The van der Waals surface area contributed by atoms with Gasteiger partial charge in [0.05, 0.1) is 12.4 Å². The molecule has 0 radical (unpaired) electrons. The lowest BCUT2D eigenvalue weighted by atomic mass is 10.1. The van der Waals surface area contributed by atoms with Crippen LogP contribution in [-0.2, 0) is 9.47 Å². The molecule has 0 N–H and O–H groups in total. The molecule has 0 aromatic rings. The van der Waals surface area contributed by atoms with Crippen molar-refractivity contribution in [2.75, 3.05) is 13.2 Å². The maximum Gasteiger partial charge on any atom is 0.113 e. The molecule has 0 aromatic heterocycles. The second-order valence-electron chi connectivity index (χ2n) is 3.50. The summed E-state index contributed by atoms with van der Waals surface area (Å²) in [5.74, 6) is 0. The van der Waals surface area contributed by atoms with E-state index in [0.29, 0.717) is 12.7 Å². The summed E-state index contributed by atoms with van der Waals surface area (Å²) < 4.78 is 11.0. The maximum atomic E-state index is 5.67. The minimum absolute atomic E-state index is 0.316. The van der Waals surface area contributed by atoms with Gasteiger partial charge in [0, 0.05) is 6.61 Å². The van der Waals surface area contributed by atoms with E-state index >= 15 is 0 Å². The van der Waals surface area contributed by atoms with E-state index in [4.69, 9.17) is 9.47 Å². The minimum Gasteiger partial charge on any atom is -0.499 e. The molecule has 1 saturated heterocycles. The summed E-state index contributed by atoms with van der Waals surface area (Å²) in [5.41, 5.74) is 0. The molecule has 1 rings (SSSR count). The van der Waals surface area contributed by atoms with Gasteiger partial charge in [-0.2, -0.15) is 0 Å². The third kappa shape index (κ3) is 4.94. The monoisotopic (exact) mass is 184 g/mol. The molecule has 0 bridgehead atoms. The fourth-order valence-corrected chi connectivity index (χ4v) is 1.55. The number of ether oxygens (including phenoxy) is 2. The predicted octanol–water partition coefficient (Wildman–Crippen LogP) is 2.89. The Bertz CT molecular complexity index is 135. The molecule has 13 heavy (non-hydrogen) atoms. The van der Waals surface area contributed by atoms with Gasteiger partial charge in [-0.3, -0.25) is 0 Å². The van der Waals surface area contributed by atoms with Crippen LogP contribution < -0.4 is 0 Å². The van der Waals surface area contributed by atoms with Crippen molar-refractivity contribution in [3.8, 4) is 0 Å². The molecule has 76 valence electrons. The first-order valence-electron chi connectivity index (χ1n) is 5.28. The van der Waals surface area contributed by atoms with Gasteiger partial charge in [-0.25, -0.2) is 0 Å². The Morgan fingerprint density at radius 3 is 3.00 bits per heavy atom. The van der Waals surface area contributed by atoms with Gasteiger partial charge in [-0.05, 0) is 19.8 Å². The molecule has 1 aliphatic heterocycles. The van der Waals surface area contributed by atoms with E-state index in [-0.39, 0.29) is 0 Å². The van der Waals surface area contributed by atoms with Gasteiger partial charge in [-0.15, -0.1) is 0 Å². The van der Waals surface area contributed by atoms with Crippen LogP contribution >= 0.6 is 0 Å². The van der Waals surface area contributed by atoms with Crippen molar-refractivity contribution in [2.24, 2.45) is 0 Å². The zero-order chi connectivity index (χ0) is 9.36. The summed E-state index contributed by atoms with van der Waals surface area (Å²) in [5, 5.41) is 0. The van der Waals surface area contributed by atoms with E-state index in [0.717, 1.165) is 13.0 Å². The molecule has 2 nitrogen and oxygen atoms in total. The van der Waals surface area contributed by atoms with Gasteiger partial charge in [0.15, 0.2) is 0 Å². The van der Waals surface area contributed by atoms with Crippen molar-refractivity contribution in [1.29, 1.82) is 0 Å². The molecular weight excluding hydrogens is 164 g/mol. The molecule has 1 atom stereocenters. The largest absolute Gasteiger partial charge is 0.499 e. The molecule has 0 aliphatic carbocycles.